The third kappa shape index (κ3) is 2.01. The van der Waals surface area contributed by atoms with Gasteiger partial charge < -0.3 is 4.74 Å². The minimum absolute atomic E-state index is 0.0382. The number of aromatic nitrogens is 3. The number of ether oxygens (including phenoxy) is 1. The monoisotopic (exact) mass is 173 g/mol. The van der Waals surface area contributed by atoms with Crippen LogP contribution in [0.25, 0.3) is 0 Å². The Hall–Kier alpha value is -1.46. The van der Waals surface area contributed by atoms with Crippen LogP contribution in [0.3, 0.4) is 0 Å². The molecule has 0 saturated carbocycles. The van der Waals surface area contributed by atoms with Gasteiger partial charge in [-0.1, -0.05) is 5.21 Å². The number of esters is 1. The van der Waals surface area contributed by atoms with Crippen LogP contribution in [0.1, 0.15) is 5.69 Å². The second-order valence-corrected chi connectivity index (χ2v) is 2.12. The Morgan fingerprint density at radius 1 is 1.83 bits per heavy atom. The molecule has 0 N–H and O–H groups in total. The summed E-state index contributed by atoms with van der Waals surface area (Å²) in [6.45, 7) is -0.718. The average molecular weight is 173 g/mol. The molecule has 0 aromatic carbocycles. The third-order valence-corrected chi connectivity index (χ3v) is 1.24. The molecular formula is C6H8FN3O2. The van der Waals surface area contributed by atoms with Crippen LogP contribution in [0.2, 0.25) is 0 Å². The fourth-order valence-electron chi connectivity index (χ4n) is 0.674. The van der Waals surface area contributed by atoms with Crippen LogP contribution in [0.15, 0.2) is 6.20 Å². The van der Waals surface area contributed by atoms with E-state index < -0.39 is 12.6 Å². The Labute approximate surface area is 68.1 Å². The van der Waals surface area contributed by atoms with E-state index in [0.717, 1.165) is 0 Å². The second-order valence-electron chi connectivity index (χ2n) is 2.12. The van der Waals surface area contributed by atoms with E-state index in [9.17, 15) is 9.18 Å². The summed E-state index contributed by atoms with van der Waals surface area (Å²) in [6.07, 6.45) is 1.36. The second kappa shape index (κ2) is 3.80. The van der Waals surface area contributed by atoms with Crippen LogP contribution < -0.4 is 0 Å². The lowest BCUT2D eigenvalue weighted by Gasteiger charge is -1.96. The van der Waals surface area contributed by atoms with Crippen LogP contribution in [-0.4, -0.2) is 28.1 Å². The normalized spacial score (nSPS) is 9.83. The lowest BCUT2D eigenvalue weighted by molar-refractivity contribution is -0.141. The zero-order valence-corrected chi connectivity index (χ0v) is 6.53. The first kappa shape index (κ1) is 8.63. The van der Waals surface area contributed by atoms with Crippen molar-refractivity contribution in [2.75, 3.05) is 7.11 Å². The molecule has 0 atom stereocenters. The molecule has 1 aromatic heterocycles. The number of hydrogen-bond donors (Lipinski definition) is 0. The maximum atomic E-state index is 11.9. The smallest absolute Gasteiger partial charge is 0.327 e. The van der Waals surface area contributed by atoms with Gasteiger partial charge in [0.25, 0.3) is 0 Å². The van der Waals surface area contributed by atoms with Crippen LogP contribution in [0, 0.1) is 0 Å². The summed E-state index contributed by atoms with van der Waals surface area (Å²) in [5, 5.41) is 6.95. The summed E-state index contributed by atoms with van der Waals surface area (Å²) >= 11 is 0. The quantitative estimate of drug-likeness (QED) is 0.600. The summed E-state index contributed by atoms with van der Waals surface area (Å²) in [5.41, 5.74) is 0.207. The Bertz CT molecular complexity index is 274. The summed E-state index contributed by atoms with van der Waals surface area (Å²) in [5.74, 6) is -0.440. The van der Waals surface area contributed by atoms with E-state index in [1.54, 1.807) is 0 Å². The van der Waals surface area contributed by atoms with Gasteiger partial charge in [-0.3, -0.25) is 4.79 Å². The Morgan fingerprint density at radius 3 is 3.08 bits per heavy atom. The van der Waals surface area contributed by atoms with Gasteiger partial charge in [-0.05, 0) is 0 Å². The van der Waals surface area contributed by atoms with Crippen LogP contribution in [0.4, 0.5) is 4.39 Å². The molecule has 1 rings (SSSR count). The maximum absolute atomic E-state index is 11.9. The van der Waals surface area contributed by atoms with Crippen molar-refractivity contribution in [1.82, 2.24) is 15.0 Å². The van der Waals surface area contributed by atoms with Gasteiger partial charge in [0.1, 0.15) is 18.9 Å². The first-order chi connectivity index (χ1) is 5.76. The molecule has 0 bridgehead atoms. The van der Waals surface area contributed by atoms with Crippen molar-refractivity contribution in [1.29, 1.82) is 0 Å². The Kier molecular flexibility index (Phi) is 2.73. The average Bonchev–Trinajstić information content (AvgIpc) is 2.52. The molecule has 0 aliphatic carbocycles. The number of rotatable bonds is 3. The summed E-state index contributed by atoms with van der Waals surface area (Å²) in [4.78, 5) is 10.7. The highest BCUT2D eigenvalue weighted by Gasteiger charge is 2.04. The largest absolute Gasteiger partial charge is 0.468 e. The topological polar surface area (TPSA) is 57.0 Å². The highest BCUT2D eigenvalue weighted by Crippen LogP contribution is 1.94. The van der Waals surface area contributed by atoms with E-state index >= 15 is 0 Å². The zero-order valence-electron chi connectivity index (χ0n) is 6.53. The van der Waals surface area contributed by atoms with Crippen LogP contribution in [0.5, 0.6) is 0 Å². The van der Waals surface area contributed by atoms with Crippen molar-refractivity contribution < 1.29 is 13.9 Å². The predicted molar refractivity (Wildman–Crippen MR) is 36.9 cm³/mol. The van der Waals surface area contributed by atoms with E-state index in [0.29, 0.717) is 0 Å². The van der Waals surface area contributed by atoms with Crippen molar-refractivity contribution >= 4 is 5.97 Å². The molecule has 0 amide bonds. The number of carbonyl (C=O) groups is 1. The number of hydrogen-bond acceptors (Lipinski definition) is 4. The van der Waals surface area contributed by atoms with Crippen molar-refractivity contribution in [3.05, 3.63) is 11.9 Å². The summed E-state index contributed by atoms with van der Waals surface area (Å²) < 4.78 is 17.5. The third-order valence-electron chi connectivity index (χ3n) is 1.24. The number of carbonyl (C=O) groups excluding carboxylic acids is 1. The van der Waals surface area contributed by atoms with Gasteiger partial charge in [0.15, 0.2) is 0 Å². The summed E-state index contributed by atoms with van der Waals surface area (Å²) in [6, 6.07) is 0. The van der Waals surface area contributed by atoms with Crippen LogP contribution in [-0.2, 0) is 22.8 Å². The molecule has 66 valence electrons. The molecule has 5 nitrogen and oxygen atoms in total. The predicted octanol–water partition coefficient (Wildman–Crippen LogP) is -0.0794. The molecule has 0 aliphatic heterocycles. The number of nitrogens with zero attached hydrogens (tertiary/aromatic N) is 3. The van der Waals surface area contributed by atoms with Gasteiger partial charge in [-0.2, -0.15) is 0 Å². The minimum Gasteiger partial charge on any atom is -0.468 e. The summed E-state index contributed by atoms with van der Waals surface area (Å²) in [7, 11) is 1.27. The molecule has 6 heteroatoms. The highest BCUT2D eigenvalue weighted by atomic mass is 19.1. The fraction of sp³-hybridized carbons (Fsp3) is 0.500. The lowest BCUT2D eigenvalue weighted by Crippen LogP contribution is -2.11. The van der Waals surface area contributed by atoms with Crippen molar-refractivity contribution in [2.45, 2.75) is 13.2 Å². The standard InChI is InChI=1S/C6H8FN3O2/c1-12-6(11)4-10-3-5(2-7)8-9-10/h3H,2,4H2,1H3. The number of alkyl halides is 1. The highest BCUT2D eigenvalue weighted by molar-refractivity contribution is 5.68. The first-order valence-electron chi connectivity index (χ1n) is 3.28. The van der Waals surface area contributed by atoms with Crippen molar-refractivity contribution in [3.8, 4) is 0 Å². The van der Waals surface area contributed by atoms with Gasteiger partial charge in [0.05, 0.1) is 13.3 Å². The molecular weight excluding hydrogens is 165 g/mol. The molecule has 12 heavy (non-hydrogen) atoms. The lowest BCUT2D eigenvalue weighted by atomic mass is 10.5. The Balaban J connectivity index is 2.58. The van der Waals surface area contributed by atoms with E-state index in [-0.39, 0.29) is 12.2 Å². The molecule has 1 heterocycles. The molecule has 0 radical (unpaired) electrons. The molecule has 0 saturated heterocycles. The molecule has 1 aromatic rings. The fourth-order valence-corrected chi connectivity index (χ4v) is 0.674. The first-order valence-corrected chi connectivity index (χ1v) is 3.28. The molecule has 0 fully saturated rings. The van der Waals surface area contributed by atoms with Crippen molar-refractivity contribution in [3.63, 3.8) is 0 Å². The minimum atomic E-state index is -0.679. The van der Waals surface area contributed by atoms with Gasteiger partial charge in [-0.25, -0.2) is 9.07 Å². The molecule has 0 spiro atoms. The van der Waals surface area contributed by atoms with Crippen molar-refractivity contribution in [2.24, 2.45) is 0 Å². The van der Waals surface area contributed by atoms with Gasteiger partial charge >= 0.3 is 5.97 Å². The van der Waals surface area contributed by atoms with Gasteiger partial charge in [-0.15, -0.1) is 5.10 Å². The van der Waals surface area contributed by atoms with E-state index in [1.807, 2.05) is 0 Å². The zero-order chi connectivity index (χ0) is 8.97. The SMILES string of the molecule is COC(=O)Cn1cc(CF)nn1. The van der Waals surface area contributed by atoms with E-state index in [4.69, 9.17) is 0 Å². The van der Waals surface area contributed by atoms with Gasteiger partial charge in [0, 0.05) is 0 Å². The molecule has 0 aliphatic rings. The van der Waals surface area contributed by atoms with Crippen LogP contribution >= 0.6 is 0 Å². The van der Waals surface area contributed by atoms with E-state index in [2.05, 4.69) is 15.0 Å². The van der Waals surface area contributed by atoms with Gasteiger partial charge in [0.2, 0.25) is 0 Å². The molecule has 0 unspecified atom stereocenters. The Morgan fingerprint density at radius 2 is 2.58 bits per heavy atom. The number of halogens is 1. The van der Waals surface area contributed by atoms with E-state index in [1.165, 1.54) is 18.0 Å². The maximum Gasteiger partial charge on any atom is 0.327 e. The number of methoxy groups -OCH3 is 1.